The molecule has 0 aliphatic heterocycles. The maximum absolute atomic E-state index is 11.7. The van der Waals surface area contributed by atoms with E-state index in [1.54, 1.807) is 11.8 Å². The topological polar surface area (TPSA) is 55.1 Å². The fourth-order valence-electron chi connectivity index (χ4n) is 1.46. The van der Waals surface area contributed by atoms with E-state index in [-0.39, 0.29) is 5.91 Å². The summed E-state index contributed by atoms with van der Waals surface area (Å²) in [6.45, 7) is 2.71. The third kappa shape index (κ3) is 4.79. The van der Waals surface area contributed by atoms with Gasteiger partial charge in [0.15, 0.2) is 0 Å². The summed E-state index contributed by atoms with van der Waals surface area (Å²) in [6, 6.07) is 7.18. The largest absolute Gasteiger partial charge is 0.354 e. The fraction of sp³-hybridized carbons (Fsp3) is 0.462. The Morgan fingerprint density at radius 3 is 2.65 bits per heavy atom. The summed E-state index contributed by atoms with van der Waals surface area (Å²) >= 11 is 1.78. The first kappa shape index (κ1) is 14.1. The number of nitrogens with one attached hydrogen (secondary N) is 1. The second-order valence-electron chi connectivity index (χ2n) is 4.03. The third-order valence-electron chi connectivity index (χ3n) is 2.54. The molecule has 0 heterocycles. The van der Waals surface area contributed by atoms with Gasteiger partial charge in [0, 0.05) is 6.54 Å². The molecule has 0 fully saturated rings. The van der Waals surface area contributed by atoms with Crippen molar-refractivity contribution in [1.82, 2.24) is 5.32 Å². The monoisotopic (exact) mass is 252 g/mol. The van der Waals surface area contributed by atoms with E-state index in [1.165, 1.54) is 5.56 Å². The van der Waals surface area contributed by atoms with Gasteiger partial charge in [0.2, 0.25) is 5.91 Å². The number of benzene rings is 1. The summed E-state index contributed by atoms with van der Waals surface area (Å²) in [5.74, 6) is 0.954. The van der Waals surface area contributed by atoms with Gasteiger partial charge in [-0.3, -0.25) is 4.79 Å². The molecule has 1 aromatic carbocycles. The van der Waals surface area contributed by atoms with E-state index in [0.717, 1.165) is 17.7 Å². The van der Waals surface area contributed by atoms with Crippen molar-refractivity contribution in [3.05, 3.63) is 35.4 Å². The zero-order valence-corrected chi connectivity index (χ0v) is 11.2. The highest BCUT2D eigenvalue weighted by atomic mass is 32.2. The number of thioether (sulfide) groups is 1. The summed E-state index contributed by atoms with van der Waals surface area (Å²) in [6.07, 6.45) is 3.04. The first-order valence-corrected chi connectivity index (χ1v) is 7.13. The average molecular weight is 252 g/mol. The lowest BCUT2D eigenvalue weighted by molar-refractivity contribution is -0.122. The van der Waals surface area contributed by atoms with E-state index < -0.39 is 6.04 Å². The Hall–Kier alpha value is -1.00. The molecule has 0 radical (unpaired) electrons. The van der Waals surface area contributed by atoms with Gasteiger partial charge in [0.1, 0.15) is 6.04 Å². The van der Waals surface area contributed by atoms with Gasteiger partial charge in [-0.05, 0) is 30.9 Å². The standard InChI is InChI=1S/C13H20N2OS/c1-10-4-6-11(7-5-10)12(14)13(16)15-8-3-9-17-2/h4-7,12H,3,8-9,14H2,1-2H3,(H,15,16). The number of amides is 1. The quantitative estimate of drug-likeness (QED) is 0.760. The molecule has 0 bridgehead atoms. The van der Waals surface area contributed by atoms with Crippen molar-refractivity contribution in [1.29, 1.82) is 0 Å². The molecule has 0 aromatic heterocycles. The van der Waals surface area contributed by atoms with Crippen LogP contribution in [-0.4, -0.2) is 24.5 Å². The van der Waals surface area contributed by atoms with Crippen LogP contribution in [0, 0.1) is 6.92 Å². The summed E-state index contributed by atoms with van der Waals surface area (Å²) in [4.78, 5) is 11.7. The van der Waals surface area contributed by atoms with Crippen molar-refractivity contribution < 1.29 is 4.79 Å². The SMILES string of the molecule is CSCCCNC(=O)C(N)c1ccc(C)cc1. The second kappa shape index (κ2) is 7.35. The van der Waals surface area contributed by atoms with Gasteiger partial charge in [0.25, 0.3) is 0 Å². The summed E-state index contributed by atoms with van der Waals surface area (Å²) in [7, 11) is 0. The molecule has 1 atom stereocenters. The molecular formula is C13H20N2OS. The van der Waals surface area contributed by atoms with Crippen molar-refractivity contribution in [3.8, 4) is 0 Å². The maximum Gasteiger partial charge on any atom is 0.241 e. The lowest BCUT2D eigenvalue weighted by Crippen LogP contribution is -2.34. The van der Waals surface area contributed by atoms with E-state index in [0.29, 0.717) is 6.54 Å². The predicted molar refractivity (Wildman–Crippen MR) is 74.1 cm³/mol. The Labute approximate surface area is 107 Å². The molecule has 1 rings (SSSR count). The van der Waals surface area contributed by atoms with Gasteiger partial charge in [-0.25, -0.2) is 0 Å². The molecule has 4 heteroatoms. The highest BCUT2D eigenvalue weighted by molar-refractivity contribution is 7.98. The number of rotatable bonds is 6. The number of hydrogen-bond donors (Lipinski definition) is 2. The highest BCUT2D eigenvalue weighted by Crippen LogP contribution is 2.11. The molecule has 0 saturated carbocycles. The van der Waals surface area contributed by atoms with Crippen LogP contribution in [0.3, 0.4) is 0 Å². The Bertz CT molecular complexity index is 351. The average Bonchev–Trinajstić information content (AvgIpc) is 2.34. The molecule has 1 unspecified atom stereocenters. The molecule has 3 N–H and O–H groups in total. The van der Waals surface area contributed by atoms with Gasteiger partial charge in [-0.2, -0.15) is 11.8 Å². The molecule has 0 saturated heterocycles. The molecule has 0 aliphatic carbocycles. The van der Waals surface area contributed by atoms with E-state index in [1.807, 2.05) is 31.2 Å². The number of hydrogen-bond acceptors (Lipinski definition) is 3. The maximum atomic E-state index is 11.7. The molecule has 3 nitrogen and oxygen atoms in total. The summed E-state index contributed by atoms with van der Waals surface area (Å²) in [5, 5.41) is 2.85. The lowest BCUT2D eigenvalue weighted by Gasteiger charge is -2.12. The van der Waals surface area contributed by atoms with Crippen LogP contribution in [0.2, 0.25) is 0 Å². The van der Waals surface area contributed by atoms with Gasteiger partial charge in [-0.1, -0.05) is 29.8 Å². The minimum Gasteiger partial charge on any atom is -0.354 e. The Kier molecular flexibility index (Phi) is 6.08. The molecule has 94 valence electrons. The molecule has 17 heavy (non-hydrogen) atoms. The summed E-state index contributed by atoms with van der Waals surface area (Å²) in [5.41, 5.74) is 7.91. The lowest BCUT2D eigenvalue weighted by atomic mass is 10.1. The third-order valence-corrected chi connectivity index (χ3v) is 3.24. The molecule has 1 amide bonds. The van der Waals surface area contributed by atoms with E-state index >= 15 is 0 Å². The van der Waals surface area contributed by atoms with E-state index in [2.05, 4.69) is 11.6 Å². The van der Waals surface area contributed by atoms with E-state index in [4.69, 9.17) is 5.73 Å². The van der Waals surface area contributed by atoms with Crippen molar-refractivity contribution in [2.24, 2.45) is 5.73 Å². The van der Waals surface area contributed by atoms with Crippen LogP contribution in [0.15, 0.2) is 24.3 Å². The van der Waals surface area contributed by atoms with Crippen LogP contribution in [0.5, 0.6) is 0 Å². The van der Waals surface area contributed by atoms with Gasteiger partial charge in [0.05, 0.1) is 0 Å². The van der Waals surface area contributed by atoms with Gasteiger partial charge >= 0.3 is 0 Å². The molecular weight excluding hydrogens is 232 g/mol. The first-order valence-electron chi connectivity index (χ1n) is 5.74. The van der Waals surface area contributed by atoms with Crippen LogP contribution in [0.4, 0.5) is 0 Å². The van der Waals surface area contributed by atoms with Crippen LogP contribution in [0.25, 0.3) is 0 Å². The number of nitrogens with two attached hydrogens (primary N) is 1. The Balaban J connectivity index is 2.43. The van der Waals surface area contributed by atoms with Crippen molar-refractivity contribution in [2.45, 2.75) is 19.4 Å². The van der Waals surface area contributed by atoms with Crippen molar-refractivity contribution in [3.63, 3.8) is 0 Å². The minimum absolute atomic E-state index is 0.102. The number of carbonyl (C=O) groups is 1. The molecule has 0 aliphatic rings. The molecule has 1 aromatic rings. The van der Waals surface area contributed by atoms with Gasteiger partial charge < -0.3 is 11.1 Å². The van der Waals surface area contributed by atoms with Crippen LogP contribution >= 0.6 is 11.8 Å². The van der Waals surface area contributed by atoms with Gasteiger partial charge in [-0.15, -0.1) is 0 Å². The molecule has 0 spiro atoms. The van der Waals surface area contributed by atoms with Crippen LogP contribution < -0.4 is 11.1 Å². The highest BCUT2D eigenvalue weighted by Gasteiger charge is 2.14. The fourth-order valence-corrected chi connectivity index (χ4v) is 1.90. The smallest absolute Gasteiger partial charge is 0.241 e. The predicted octanol–water partition coefficient (Wildman–Crippen LogP) is 1.86. The zero-order valence-electron chi connectivity index (χ0n) is 10.4. The summed E-state index contributed by atoms with van der Waals surface area (Å²) < 4.78 is 0. The second-order valence-corrected chi connectivity index (χ2v) is 5.01. The Morgan fingerprint density at radius 2 is 2.06 bits per heavy atom. The minimum atomic E-state index is -0.565. The first-order chi connectivity index (χ1) is 8.15. The number of aryl methyl sites for hydroxylation is 1. The zero-order chi connectivity index (χ0) is 12.7. The normalized spacial score (nSPS) is 12.2. The van der Waals surface area contributed by atoms with Crippen LogP contribution in [0.1, 0.15) is 23.6 Å². The van der Waals surface area contributed by atoms with Crippen LogP contribution in [-0.2, 0) is 4.79 Å². The Morgan fingerprint density at radius 1 is 1.41 bits per heavy atom. The van der Waals surface area contributed by atoms with E-state index in [9.17, 15) is 4.79 Å². The van der Waals surface area contributed by atoms with Crippen molar-refractivity contribution >= 4 is 17.7 Å². The number of carbonyl (C=O) groups excluding carboxylic acids is 1. The van der Waals surface area contributed by atoms with Crippen molar-refractivity contribution in [2.75, 3.05) is 18.6 Å².